The van der Waals surface area contributed by atoms with E-state index in [2.05, 4.69) is 4.90 Å². The van der Waals surface area contributed by atoms with Crippen molar-refractivity contribution in [2.45, 2.75) is 24.9 Å². The number of rotatable bonds is 2. The van der Waals surface area contributed by atoms with Crippen molar-refractivity contribution in [2.24, 2.45) is 0 Å². The SMILES string of the molecule is CN1[C@@H]2CC[C@H]1/C(=C\c1ccc(F)cc1)C(=O)/C2=C/c1ccc(F)cc1. The molecule has 26 heavy (non-hydrogen) atoms. The molecule has 2 bridgehead atoms. The lowest BCUT2D eigenvalue weighted by atomic mass is 9.88. The van der Waals surface area contributed by atoms with E-state index in [0.29, 0.717) is 0 Å². The van der Waals surface area contributed by atoms with Gasteiger partial charge in [0.2, 0.25) is 0 Å². The van der Waals surface area contributed by atoms with Crippen LogP contribution in [0.25, 0.3) is 12.2 Å². The third kappa shape index (κ3) is 3.01. The highest BCUT2D eigenvalue weighted by molar-refractivity contribution is 6.16. The van der Waals surface area contributed by atoms with Gasteiger partial charge in [-0.15, -0.1) is 0 Å². The van der Waals surface area contributed by atoms with Crippen molar-refractivity contribution in [1.82, 2.24) is 4.90 Å². The van der Waals surface area contributed by atoms with Gasteiger partial charge in [0.05, 0.1) is 0 Å². The molecule has 0 radical (unpaired) electrons. The second-order valence-corrected chi connectivity index (χ2v) is 6.91. The van der Waals surface area contributed by atoms with Crippen LogP contribution in [-0.2, 0) is 4.79 Å². The fourth-order valence-corrected chi connectivity index (χ4v) is 3.96. The monoisotopic (exact) mass is 351 g/mol. The maximum atomic E-state index is 13.2. The summed E-state index contributed by atoms with van der Waals surface area (Å²) in [5.41, 5.74) is 3.10. The Morgan fingerprint density at radius 2 is 1.19 bits per heavy atom. The Morgan fingerprint density at radius 1 is 0.808 bits per heavy atom. The third-order valence-corrected chi connectivity index (χ3v) is 5.32. The normalized spacial score (nSPS) is 26.0. The molecule has 0 spiro atoms. The molecule has 2 saturated heterocycles. The quantitative estimate of drug-likeness (QED) is 0.744. The molecule has 2 heterocycles. The van der Waals surface area contributed by atoms with Crippen LogP contribution >= 0.6 is 0 Å². The lowest BCUT2D eigenvalue weighted by Crippen LogP contribution is -2.43. The van der Waals surface area contributed by atoms with E-state index < -0.39 is 0 Å². The number of nitrogens with zero attached hydrogens (tertiary/aromatic N) is 1. The van der Waals surface area contributed by atoms with Gasteiger partial charge in [-0.05, 0) is 67.4 Å². The van der Waals surface area contributed by atoms with Gasteiger partial charge in [0.1, 0.15) is 11.6 Å². The van der Waals surface area contributed by atoms with Crippen LogP contribution in [0.4, 0.5) is 8.78 Å². The van der Waals surface area contributed by atoms with E-state index in [1.807, 2.05) is 19.2 Å². The summed E-state index contributed by atoms with van der Waals surface area (Å²) >= 11 is 0. The summed E-state index contributed by atoms with van der Waals surface area (Å²) in [6, 6.07) is 12.5. The maximum absolute atomic E-state index is 13.2. The van der Waals surface area contributed by atoms with Gasteiger partial charge >= 0.3 is 0 Å². The van der Waals surface area contributed by atoms with Crippen LogP contribution in [0.1, 0.15) is 24.0 Å². The maximum Gasteiger partial charge on any atom is 0.188 e. The highest BCUT2D eigenvalue weighted by Gasteiger charge is 2.44. The van der Waals surface area contributed by atoms with Crippen LogP contribution in [0.2, 0.25) is 0 Å². The minimum Gasteiger partial charge on any atom is -0.292 e. The van der Waals surface area contributed by atoms with Crippen LogP contribution < -0.4 is 0 Å². The summed E-state index contributed by atoms with van der Waals surface area (Å²) in [6.45, 7) is 0. The number of halogens is 2. The van der Waals surface area contributed by atoms with Crippen molar-refractivity contribution in [3.63, 3.8) is 0 Å². The number of piperidine rings is 1. The Bertz CT molecular complexity index is 823. The second-order valence-electron chi connectivity index (χ2n) is 6.91. The Kier molecular flexibility index (Phi) is 4.29. The zero-order chi connectivity index (χ0) is 18.3. The first-order chi connectivity index (χ1) is 12.5. The van der Waals surface area contributed by atoms with Crippen molar-refractivity contribution in [3.05, 3.63) is 82.4 Å². The Labute approximate surface area is 151 Å². The molecule has 0 amide bonds. The van der Waals surface area contributed by atoms with Crippen LogP contribution in [0.3, 0.4) is 0 Å². The number of carbonyl (C=O) groups is 1. The summed E-state index contributed by atoms with van der Waals surface area (Å²) in [5.74, 6) is -0.557. The summed E-state index contributed by atoms with van der Waals surface area (Å²) in [4.78, 5) is 15.4. The van der Waals surface area contributed by atoms with Gasteiger partial charge in [0, 0.05) is 23.2 Å². The average Bonchev–Trinajstić information content (AvgIpc) is 2.94. The summed E-state index contributed by atoms with van der Waals surface area (Å²) in [5, 5.41) is 0. The number of ketones is 1. The molecule has 0 aromatic heterocycles. The van der Waals surface area contributed by atoms with E-state index in [0.717, 1.165) is 35.1 Å². The lowest BCUT2D eigenvalue weighted by Gasteiger charge is -2.34. The molecule has 0 unspecified atom stereocenters. The van der Waals surface area contributed by atoms with Gasteiger partial charge in [-0.3, -0.25) is 9.69 Å². The smallest absolute Gasteiger partial charge is 0.188 e. The van der Waals surface area contributed by atoms with Gasteiger partial charge in [-0.2, -0.15) is 0 Å². The highest BCUT2D eigenvalue weighted by Crippen LogP contribution is 2.40. The van der Waals surface area contributed by atoms with Crippen LogP contribution in [0.15, 0.2) is 59.7 Å². The molecule has 2 aromatic carbocycles. The van der Waals surface area contributed by atoms with Gasteiger partial charge < -0.3 is 0 Å². The molecule has 2 aliphatic rings. The Morgan fingerprint density at radius 3 is 1.58 bits per heavy atom. The van der Waals surface area contributed by atoms with Crippen LogP contribution in [0, 0.1) is 11.6 Å². The van der Waals surface area contributed by atoms with Crippen molar-refractivity contribution < 1.29 is 13.6 Å². The molecular formula is C22H19F2NO. The summed E-state index contributed by atoms with van der Waals surface area (Å²) in [6.07, 6.45) is 5.56. The number of hydrogen-bond donors (Lipinski definition) is 0. The van der Waals surface area contributed by atoms with E-state index in [1.54, 1.807) is 24.3 Å². The van der Waals surface area contributed by atoms with Gasteiger partial charge in [0.15, 0.2) is 5.78 Å². The number of likely N-dealkylation sites (N-methyl/N-ethyl adjacent to an activating group) is 1. The van der Waals surface area contributed by atoms with Crippen molar-refractivity contribution in [3.8, 4) is 0 Å². The predicted molar refractivity (Wildman–Crippen MR) is 98.3 cm³/mol. The van der Waals surface area contributed by atoms with Crippen LogP contribution in [-0.4, -0.2) is 29.8 Å². The topological polar surface area (TPSA) is 20.3 Å². The summed E-state index contributed by atoms with van der Waals surface area (Å²) < 4.78 is 26.3. The zero-order valence-corrected chi connectivity index (χ0v) is 14.5. The van der Waals surface area contributed by atoms with E-state index in [1.165, 1.54) is 24.3 Å². The predicted octanol–water partition coefficient (Wildman–Crippen LogP) is 4.48. The van der Waals surface area contributed by atoms with Crippen molar-refractivity contribution >= 4 is 17.9 Å². The van der Waals surface area contributed by atoms with E-state index in [-0.39, 0.29) is 29.5 Å². The molecule has 4 heteroatoms. The van der Waals surface area contributed by atoms with Crippen LogP contribution in [0.5, 0.6) is 0 Å². The Hall–Kier alpha value is -2.59. The fourth-order valence-electron chi connectivity index (χ4n) is 3.96. The van der Waals surface area contributed by atoms with Gasteiger partial charge in [-0.1, -0.05) is 24.3 Å². The van der Waals surface area contributed by atoms with Crippen molar-refractivity contribution in [2.75, 3.05) is 7.05 Å². The molecular weight excluding hydrogens is 332 g/mol. The second kappa shape index (κ2) is 6.61. The first-order valence-corrected chi connectivity index (χ1v) is 8.74. The van der Waals surface area contributed by atoms with Crippen molar-refractivity contribution in [1.29, 1.82) is 0 Å². The molecule has 0 aliphatic carbocycles. The number of benzene rings is 2. The Balaban J connectivity index is 1.75. The minimum atomic E-state index is -0.294. The number of Topliss-reactive ketones (excluding diaryl/α,β-unsaturated/α-hetero) is 1. The van der Waals surface area contributed by atoms with E-state index >= 15 is 0 Å². The molecule has 2 nitrogen and oxygen atoms in total. The lowest BCUT2D eigenvalue weighted by molar-refractivity contribution is -0.114. The first kappa shape index (κ1) is 16.9. The molecule has 0 saturated carbocycles. The molecule has 4 rings (SSSR count). The molecule has 2 aromatic rings. The molecule has 0 N–H and O–H groups in total. The molecule has 2 atom stereocenters. The number of hydrogen-bond acceptors (Lipinski definition) is 2. The summed E-state index contributed by atoms with van der Waals surface area (Å²) in [7, 11) is 2.03. The highest BCUT2D eigenvalue weighted by atomic mass is 19.1. The molecule has 2 fully saturated rings. The van der Waals surface area contributed by atoms with Gasteiger partial charge in [-0.25, -0.2) is 8.78 Å². The standard InChI is InChI=1S/C22H19F2NO/c1-25-20-10-11-21(25)19(13-15-4-8-17(24)9-5-15)22(26)18(20)12-14-2-6-16(23)7-3-14/h2-9,12-13,20-21H,10-11H2,1H3/b18-12+,19-13+/t20-,21+. The van der Waals surface area contributed by atoms with Gasteiger partial charge in [0.25, 0.3) is 0 Å². The van der Waals surface area contributed by atoms with E-state index in [4.69, 9.17) is 0 Å². The third-order valence-electron chi connectivity index (χ3n) is 5.32. The van der Waals surface area contributed by atoms with E-state index in [9.17, 15) is 13.6 Å². The number of carbonyl (C=O) groups excluding carboxylic acids is 1. The first-order valence-electron chi connectivity index (χ1n) is 8.74. The fraction of sp³-hybridized carbons (Fsp3) is 0.227. The zero-order valence-electron chi connectivity index (χ0n) is 14.5. The molecule has 2 aliphatic heterocycles. The number of fused-ring (bicyclic) bond motifs is 2. The minimum absolute atomic E-state index is 0.0317. The largest absolute Gasteiger partial charge is 0.292 e. The average molecular weight is 351 g/mol. The molecule has 132 valence electrons.